The lowest BCUT2D eigenvalue weighted by Crippen LogP contribution is -2.43. The summed E-state index contributed by atoms with van der Waals surface area (Å²) in [5.41, 5.74) is 3.60. The zero-order valence-electron chi connectivity index (χ0n) is 17.9. The van der Waals surface area contributed by atoms with Gasteiger partial charge in [-0.3, -0.25) is 9.67 Å². The lowest BCUT2D eigenvalue weighted by Gasteiger charge is -2.18. The number of guanidine groups is 1. The Balaban J connectivity index is 1.72. The fourth-order valence-electron chi connectivity index (χ4n) is 3.06. The number of aryl methyl sites for hydroxylation is 2. The SMILES string of the molecule is CN=C(NCCCOc1cccc(OC)c1)NC(C)Cc1c(C)nn(C)c1C. The first-order valence-corrected chi connectivity index (χ1v) is 9.67. The Hall–Kier alpha value is -2.70. The molecule has 0 aliphatic carbocycles. The van der Waals surface area contributed by atoms with Crippen LogP contribution in [0.5, 0.6) is 11.5 Å². The van der Waals surface area contributed by atoms with E-state index in [9.17, 15) is 0 Å². The fraction of sp³-hybridized carbons (Fsp3) is 0.524. The molecule has 0 fully saturated rings. The van der Waals surface area contributed by atoms with Crippen LogP contribution in [0.1, 0.15) is 30.3 Å². The van der Waals surface area contributed by atoms with Crippen molar-refractivity contribution in [3.8, 4) is 11.5 Å². The van der Waals surface area contributed by atoms with Crippen molar-refractivity contribution < 1.29 is 9.47 Å². The molecule has 2 aromatic rings. The van der Waals surface area contributed by atoms with Gasteiger partial charge in [-0.25, -0.2) is 0 Å². The van der Waals surface area contributed by atoms with E-state index >= 15 is 0 Å². The first-order valence-electron chi connectivity index (χ1n) is 9.67. The molecule has 1 aromatic carbocycles. The second kappa shape index (κ2) is 10.6. The number of hydrogen-bond donors (Lipinski definition) is 2. The molecule has 0 spiro atoms. The van der Waals surface area contributed by atoms with Gasteiger partial charge in [0.25, 0.3) is 0 Å². The molecule has 0 amide bonds. The second-order valence-electron chi connectivity index (χ2n) is 6.90. The third kappa shape index (κ3) is 6.18. The number of hydrogen-bond acceptors (Lipinski definition) is 4. The topological polar surface area (TPSA) is 72.7 Å². The molecule has 2 N–H and O–H groups in total. The molecule has 1 unspecified atom stereocenters. The Labute approximate surface area is 168 Å². The average molecular weight is 388 g/mol. The highest BCUT2D eigenvalue weighted by molar-refractivity contribution is 5.79. The van der Waals surface area contributed by atoms with E-state index in [0.717, 1.165) is 42.5 Å². The van der Waals surface area contributed by atoms with Gasteiger partial charge in [-0.1, -0.05) is 6.07 Å². The van der Waals surface area contributed by atoms with Crippen molar-refractivity contribution in [2.45, 2.75) is 39.7 Å². The first kappa shape index (κ1) is 21.6. The van der Waals surface area contributed by atoms with Crippen LogP contribution in [0, 0.1) is 13.8 Å². The monoisotopic (exact) mass is 387 g/mol. The van der Waals surface area contributed by atoms with Gasteiger partial charge in [-0.15, -0.1) is 0 Å². The van der Waals surface area contributed by atoms with Gasteiger partial charge in [-0.05, 0) is 51.3 Å². The Morgan fingerprint density at radius 1 is 1.29 bits per heavy atom. The molecule has 0 saturated carbocycles. The Kier molecular flexibility index (Phi) is 8.17. The van der Waals surface area contributed by atoms with Crippen LogP contribution in [0.2, 0.25) is 0 Å². The summed E-state index contributed by atoms with van der Waals surface area (Å²) in [6, 6.07) is 7.89. The smallest absolute Gasteiger partial charge is 0.191 e. The molecule has 28 heavy (non-hydrogen) atoms. The van der Waals surface area contributed by atoms with E-state index in [1.54, 1.807) is 14.2 Å². The van der Waals surface area contributed by atoms with Gasteiger partial charge in [0.2, 0.25) is 0 Å². The van der Waals surface area contributed by atoms with Gasteiger partial charge < -0.3 is 20.1 Å². The first-order chi connectivity index (χ1) is 13.4. The summed E-state index contributed by atoms with van der Waals surface area (Å²) in [5, 5.41) is 11.3. The quantitative estimate of drug-likeness (QED) is 0.393. The number of nitrogens with zero attached hydrogens (tertiary/aromatic N) is 3. The van der Waals surface area contributed by atoms with Gasteiger partial charge in [0.1, 0.15) is 11.5 Å². The van der Waals surface area contributed by atoms with Gasteiger partial charge in [0.15, 0.2) is 5.96 Å². The zero-order chi connectivity index (χ0) is 20.5. The molecule has 7 nitrogen and oxygen atoms in total. The van der Waals surface area contributed by atoms with E-state index < -0.39 is 0 Å². The fourth-order valence-corrected chi connectivity index (χ4v) is 3.06. The molecule has 0 aliphatic rings. The Bertz CT molecular complexity index is 785. The highest BCUT2D eigenvalue weighted by Crippen LogP contribution is 2.18. The van der Waals surface area contributed by atoms with Gasteiger partial charge in [0.05, 0.1) is 19.4 Å². The summed E-state index contributed by atoms with van der Waals surface area (Å²) in [5.74, 6) is 2.42. The van der Waals surface area contributed by atoms with Crippen molar-refractivity contribution in [1.82, 2.24) is 20.4 Å². The average Bonchev–Trinajstić information content (AvgIpc) is 2.93. The van der Waals surface area contributed by atoms with E-state index in [1.807, 2.05) is 36.0 Å². The normalized spacial score (nSPS) is 12.6. The van der Waals surface area contributed by atoms with Gasteiger partial charge in [-0.2, -0.15) is 5.10 Å². The maximum absolute atomic E-state index is 5.76. The van der Waals surface area contributed by atoms with E-state index in [4.69, 9.17) is 9.47 Å². The summed E-state index contributed by atoms with van der Waals surface area (Å²) in [7, 11) is 5.42. The van der Waals surface area contributed by atoms with E-state index in [2.05, 4.69) is 41.5 Å². The van der Waals surface area contributed by atoms with Crippen molar-refractivity contribution in [3.63, 3.8) is 0 Å². The van der Waals surface area contributed by atoms with Gasteiger partial charge in [0, 0.05) is 38.4 Å². The molecule has 0 bridgehead atoms. The van der Waals surface area contributed by atoms with Crippen molar-refractivity contribution >= 4 is 5.96 Å². The lowest BCUT2D eigenvalue weighted by molar-refractivity contribution is 0.308. The molecular formula is C21H33N5O2. The molecular weight excluding hydrogens is 354 g/mol. The molecule has 1 aromatic heterocycles. The summed E-state index contributed by atoms with van der Waals surface area (Å²) in [4.78, 5) is 4.31. The van der Waals surface area contributed by atoms with Crippen molar-refractivity contribution in [2.75, 3.05) is 27.3 Å². The number of aliphatic imine (C=N–C) groups is 1. The number of aromatic nitrogens is 2. The molecule has 7 heteroatoms. The number of nitrogens with one attached hydrogen (secondary N) is 2. The maximum Gasteiger partial charge on any atom is 0.191 e. The van der Waals surface area contributed by atoms with Crippen LogP contribution in [0.4, 0.5) is 0 Å². The van der Waals surface area contributed by atoms with Crippen LogP contribution in [-0.2, 0) is 13.5 Å². The highest BCUT2D eigenvalue weighted by atomic mass is 16.5. The minimum Gasteiger partial charge on any atom is -0.497 e. The predicted molar refractivity (Wildman–Crippen MR) is 113 cm³/mol. The molecule has 1 heterocycles. The molecule has 1 atom stereocenters. The highest BCUT2D eigenvalue weighted by Gasteiger charge is 2.13. The molecule has 154 valence electrons. The van der Waals surface area contributed by atoms with Crippen LogP contribution in [0.3, 0.4) is 0 Å². The number of benzene rings is 1. The Morgan fingerprint density at radius 3 is 2.68 bits per heavy atom. The minimum absolute atomic E-state index is 0.251. The summed E-state index contributed by atoms with van der Waals surface area (Å²) < 4.78 is 12.9. The van der Waals surface area contributed by atoms with Crippen molar-refractivity contribution in [1.29, 1.82) is 0 Å². The Morgan fingerprint density at radius 2 is 2.04 bits per heavy atom. The largest absolute Gasteiger partial charge is 0.497 e. The summed E-state index contributed by atoms with van der Waals surface area (Å²) in [6.07, 6.45) is 1.78. The van der Waals surface area contributed by atoms with Gasteiger partial charge >= 0.3 is 0 Å². The third-order valence-electron chi connectivity index (χ3n) is 4.70. The lowest BCUT2D eigenvalue weighted by atomic mass is 10.1. The van der Waals surface area contributed by atoms with Crippen LogP contribution >= 0.6 is 0 Å². The zero-order valence-corrected chi connectivity index (χ0v) is 17.9. The van der Waals surface area contributed by atoms with Crippen LogP contribution in [-0.4, -0.2) is 49.1 Å². The molecule has 0 saturated heterocycles. The summed E-state index contributed by atoms with van der Waals surface area (Å²) in [6.45, 7) is 7.73. The maximum atomic E-state index is 5.76. The second-order valence-corrected chi connectivity index (χ2v) is 6.90. The summed E-state index contributed by atoms with van der Waals surface area (Å²) >= 11 is 0. The van der Waals surface area contributed by atoms with Crippen molar-refractivity contribution in [2.24, 2.45) is 12.0 Å². The van der Waals surface area contributed by atoms with E-state index in [1.165, 1.54) is 11.3 Å². The molecule has 2 rings (SSSR count). The number of ether oxygens (including phenoxy) is 2. The third-order valence-corrected chi connectivity index (χ3v) is 4.70. The van der Waals surface area contributed by atoms with Crippen LogP contribution in [0.25, 0.3) is 0 Å². The van der Waals surface area contributed by atoms with Crippen molar-refractivity contribution in [3.05, 3.63) is 41.2 Å². The molecule has 0 radical (unpaired) electrons. The van der Waals surface area contributed by atoms with Crippen LogP contribution < -0.4 is 20.1 Å². The number of rotatable bonds is 9. The standard InChI is InChI=1S/C21H33N5O2/c1-15(13-20-16(2)25-26(5)17(20)3)24-21(22-4)23-11-8-12-28-19-10-7-9-18(14-19)27-6/h7,9-10,14-15H,8,11-13H2,1-6H3,(H2,22,23,24). The molecule has 0 aliphatic heterocycles. The van der Waals surface area contributed by atoms with E-state index in [-0.39, 0.29) is 6.04 Å². The minimum atomic E-state index is 0.251. The van der Waals surface area contributed by atoms with Crippen LogP contribution in [0.15, 0.2) is 29.3 Å². The predicted octanol–water partition coefficient (Wildman–Crippen LogP) is 2.61. The van der Waals surface area contributed by atoms with E-state index in [0.29, 0.717) is 6.61 Å². The number of methoxy groups -OCH3 is 1.